The summed E-state index contributed by atoms with van der Waals surface area (Å²) in [5, 5.41) is 11.2. The third kappa shape index (κ3) is 6.88. The fraction of sp³-hybridized carbons (Fsp3) is 0.500. The summed E-state index contributed by atoms with van der Waals surface area (Å²) >= 11 is 3.63. The fourth-order valence-electron chi connectivity index (χ4n) is 3.13. The maximum atomic E-state index is 4.34. The molecule has 3 heterocycles. The standard InChI is InChI=1S/C18H26N4S2.HI/c1-19-18(21-12-16-6-3-9-23-16)20-11-15-5-2-8-22(13-15)14-17-7-4-10-24-17;/h3-4,6-7,9-10,15H,2,5,8,11-14H2,1H3,(H2,19,20,21);1H. The van der Waals surface area contributed by atoms with Gasteiger partial charge in [0.05, 0.1) is 6.54 Å². The number of aliphatic imine (C=N–C) groups is 1. The van der Waals surface area contributed by atoms with Gasteiger partial charge in [-0.15, -0.1) is 46.7 Å². The second-order valence-electron chi connectivity index (χ2n) is 6.21. The first kappa shape index (κ1) is 20.7. The predicted molar refractivity (Wildman–Crippen MR) is 120 cm³/mol. The average Bonchev–Trinajstić information content (AvgIpc) is 3.29. The number of nitrogens with one attached hydrogen (secondary N) is 2. The van der Waals surface area contributed by atoms with Crippen LogP contribution < -0.4 is 10.6 Å². The van der Waals surface area contributed by atoms with Gasteiger partial charge in [0.15, 0.2) is 5.96 Å². The van der Waals surface area contributed by atoms with E-state index in [-0.39, 0.29) is 24.0 Å². The summed E-state index contributed by atoms with van der Waals surface area (Å²) in [4.78, 5) is 9.73. The van der Waals surface area contributed by atoms with E-state index in [1.165, 1.54) is 35.7 Å². The van der Waals surface area contributed by atoms with Gasteiger partial charge in [-0.2, -0.15) is 0 Å². The average molecular weight is 490 g/mol. The van der Waals surface area contributed by atoms with Crippen LogP contribution in [-0.4, -0.2) is 37.5 Å². The van der Waals surface area contributed by atoms with Gasteiger partial charge in [-0.3, -0.25) is 9.89 Å². The Morgan fingerprint density at radius 1 is 1.20 bits per heavy atom. The Balaban J connectivity index is 0.00000225. The first-order chi connectivity index (χ1) is 11.8. The maximum Gasteiger partial charge on any atom is 0.191 e. The van der Waals surface area contributed by atoms with Crippen molar-refractivity contribution in [1.29, 1.82) is 0 Å². The lowest BCUT2D eigenvalue weighted by Crippen LogP contribution is -2.43. The highest BCUT2D eigenvalue weighted by Gasteiger charge is 2.20. The summed E-state index contributed by atoms with van der Waals surface area (Å²) in [7, 11) is 1.84. The molecule has 1 aliphatic rings. The highest BCUT2D eigenvalue weighted by Crippen LogP contribution is 2.20. The van der Waals surface area contributed by atoms with E-state index in [0.29, 0.717) is 5.92 Å². The molecule has 25 heavy (non-hydrogen) atoms. The SMILES string of the molecule is CN=C(NCc1cccs1)NCC1CCCN(Cc2cccs2)C1.I. The van der Waals surface area contributed by atoms with Crippen molar-refractivity contribution in [2.75, 3.05) is 26.7 Å². The second kappa shape index (κ2) is 11.2. The van der Waals surface area contributed by atoms with E-state index in [2.05, 4.69) is 55.6 Å². The van der Waals surface area contributed by atoms with Crippen molar-refractivity contribution in [1.82, 2.24) is 15.5 Å². The molecule has 7 heteroatoms. The molecule has 1 unspecified atom stereocenters. The monoisotopic (exact) mass is 490 g/mol. The van der Waals surface area contributed by atoms with Gasteiger partial charge in [0.25, 0.3) is 0 Å². The molecule has 2 aromatic heterocycles. The number of guanidine groups is 1. The van der Waals surface area contributed by atoms with Crippen molar-refractivity contribution < 1.29 is 0 Å². The van der Waals surface area contributed by atoms with Gasteiger partial charge < -0.3 is 10.6 Å². The molecule has 0 amide bonds. The molecule has 3 rings (SSSR count). The van der Waals surface area contributed by atoms with Crippen molar-refractivity contribution in [2.24, 2.45) is 10.9 Å². The number of likely N-dealkylation sites (tertiary alicyclic amines) is 1. The van der Waals surface area contributed by atoms with Crippen LogP contribution in [0.15, 0.2) is 40.0 Å². The summed E-state index contributed by atoms with van der Waals surface area (Å²) in [6, 6.07) is 8.62. The van der Waals surface area contributed by atoms with Crippen LogP contribution in [-0.2, 0) is 13.1 Å². The van der Waals surface area contributed by atoms with E-state index in [4.69, 9.17) is 0 Å². The van der Waals surface area contributed by atoms with E-state index in [9.17, 15) is 0 Å². The summed E-state index contributed by atoms with van der Waals surface area (Å²) in [5.41, 5.74) is 0. The van der Waals surface area contributed by atoms with E-state index in [1.807, 2.05) is 18.4 Å². The van der Waals surface area contributed by atoms with E-state index < -0.39 is 0 Å². The number of hydrogen-bond acceptors (Lipinski definition) is 4. The van der Waals surface area contributed by atoms with Gasteiger partial charge in [-0.25, -0.2) is 0 Å². The van der Waals surface area contributed by atoms with Gasteiger partial charge in [0.2, 0.25) is 0 Å². The number of halogens is 1. The van der Waals surface area contributed by atoms with E-state index >= 15 is 0 Å². The molecule has 0 radical (unpaired) electrons. The van der Waals surface area contributed by atoms with Crippen LogP contribution in [0.1, 0.15) is 22.6 Å². The maximum absolute atomic E-state index is 4.34. The van der Waals surface area contributed by atoms with Crippen LogP contribution >= 0.6 is 46.7 Å². The lowest BCUT2D eigenvalue weighted by molar-refractivity contribution is 0.169. The van der Waals surface area contributed by atoms with Crippen LogP contribution in [0.2, 0.25) is 0 Å². The first-order valence-electron chi connectivity index (χ1n) is 8.55. The topological polar surface area (TPSA) is 39.7 Å². The minimum Gasteiger partial charge on any atom is -0.356 e. The van der Waals surface area contributed by atoms with Crippen molar-refractivity contribution in [3.63, 3.8) is 0 Å². The molecule has 0 aromatic carbocycles. The molecule has 4 nitrogen and oxygen atoms in total. The molecule has 1 atom stereocenters. The van der Waals surface area contributed by atoms with Gasteiger partial charge >= 0.3 is 0 Å². The number of piperidine rings is 1. The molecule has 2 aromatic rings. The summed E-state index contributed by atoms with van der Waals surface area (Å²) in [6.45, 7) is 5.32. The van der Waals surface area contributed by atoms with Gasteiger partial charge in [0, 0.05) is 36.4 Å². The second-order valence-corrected chi connectivity index (χ2v) is 8.27. The van der Waals surface area contributed by atoms with Crippen molar-refractivity contribution in [2.45, 2.75) is 25.9 Å². The number of rotatable bonds is 6. The minimum atomic E-state index is 0. The van der Waals surface area contributed by atoms with Crippen molar-refractivity contribution in [3.8, 4) is 0 Å². The largest absolute Gasteiger partial charge is 0.356 e. The first-order valence-corrected chi connectivity index (χ1v) is 10.3. The molecule has 1 saturated heterocycles. The van der Waals surface area contributed by atoms with E-state index in [1.54, 1.807) is 11.3 Å². The smallest absolute Gasteiger partial charge is 0.191 e. The van der Waals surface area contributed by atoms with Gasteiger partial charge in [0.1, 0.15) is 0 Å². The molecule has 0 saturated carbocycles. The van der Waals surface area contributed by atoms with E-state index in [0.717, 1.165) is 25.6 Å². The number of hydrogen-bond donors (Lipinski definition) is 2. The Hall–Kier alpha value is -0.640. The Bertz CT molecular complexity index is 613. The molecular weight excluding hydrogens is 463 g/mol. The van der Waals surface area contributed by atoms with Crippen LogP contribution in [0.5, 0.6) is 0 Å². The Morgan fingerprint density at radius 2 is 1.96 bits per heavy atom. The minimum absolute atomic E-state index is 0. The predicted octanol–water partition coefficient (Wildman–Crippen LogP) is 4.00. The number of thiophene rings is 2. The van der Waals surface area contributed by atoms with Crippen LogP contribution in [0.25, 0.3) is 0 Å². The quantitative estimate of drug-likeness (QED) is 0.365. The molecule has 2 N–H and O–H groups in total. The summed E-state index contributed by atoms with van der Waals surface area (Å²) in [6.07, 6.45) is 2.59. The lowest BCUT2D eigenvalue weighted by Gasteiger charge is -2.32. The highest BCUT2D eigenvalue weighted by molar-refractivity contribution is 14.0. The van der Waals surface area contributed by atoms with Crippen LogP contribution in [0, 0.1) is 5.92 Å². The van der Waals surface area contributed by atoms with Crippen LogP contribution in [0.4, 0.5) is 0 Å². The zero-order chi connectivity index (χ0) is 16.6. The molecule has 0 spiro atoms. The Labute approximate surface area is 175 Å². The molecule has 0 bridgehead atoms. The van der Waals surface area contributed by atoms with Gasteiger partial charge in [-0.05, 0) is 48.2 Å². The zero-order valence-corrected chi connectivity index (χ0v) is 18.6. The Kier molecular flexibility index (Phi) is 9.22. The Morgan fingerprint density at radius 3 is 2.64 bits per heavy atom. The molecule has 138 valence electrons. The fourth-order valence-corrected chi connectivity index (χ4v) is 4.52. The van der Waals surface area contributed by atoms with Crippen molar-refractivity contribution in [3.05, 3.63) is 44.8 Å². The third-order valence-electron chi connectivity index (χ3n) is 4.35. The number of nitrogens with zero attached hydrogens (tertiary/aromatic N) is 2. The molecular formula is C18H27IN4S2. The molecule has 1 aliphatic heterocycles. The van der Waals surface area contributed by atoms with Gasteiger partial charge in [-0.1, -0.05) is 12.1 Å². The highest BCUT2D eigenvalue weighted by atomic mass is 127. The molecule has 0 aliphatic carbocycles. The zero-order valence-electron chi connectivity index (χ0n) is 14.6. The molecule has 1 fully saturated rings. The lowest BCUT2D eigenvalue weighted by atomic mass is 9.98. The normalized spacial score (nSPS) is 18.6. The van der Waals surface area contributed by atoms with Crippen molar-refractivity contribution >= 4 is 52.6 Å². The van der Waals surface area contributed by atoms with Crippen LogP contribution in [0.3, 0.4) is 0 Å². The summed E-state index contributed by atoms with van der Waals surface area (Å²) < 4.78 is 0. The summed E-state index contributed by atoms with van der Waals surface area (Å²) in [5.74, 6) is 1.60. The third-order valence-corrected chi connectivity index (χ3v) is 6.09.